The van der Waals surface area contributed by atoms with Gasteiger partial charge in [-0.1, -0.05) is 33.6 Å². The minimum atomic E-state index is -3.77. The van der Waals surface area contributed by atoms with Crippen molar-refractivity contribution in [2.24, 2.45) is 0 Å². The molecule has 2 rings (SSSR count). The zero-order valence-electron chi connectivity index (χ0n) is 11.0. The highest BCUT2D eigenvalue weighted by molar-refractivity contribution is 9.10. The lowest BCUT2D eigenvalue weighted by atomic mass is 10.2. The second-order valence-corrected chi connectivity index (χ2v) is 7.27. The van der Waals surface area contributed by atoms with Gasteiger partial charge in [-0.3, -0.25) is 4.31 Å². The summed E-state index contributed by atoms with van der Waals surface area (Å²) in [5, 5.41) is 0. The number of rotatable bonds is 3. The molecule has 0 aliphatic carbocycles. The minimum Gasteiger partial charge on any atom is -0.266 e. The number of benzene rings is 2. The number of sulfonamides is 1. The molecule has 6 heteroatoms. The van der Waals surface area contributed by atoms with Gasteiger partial charge in [0.2, 0.25) is 0 Å². The van der Waals surface area contributed by atoms with Crippen molar-refractivity contribution in [2.45, 2.75) is 11.8 Å². The van der Waals surface area contributed by atoms with Crippen LogP contribution >= 0.6 is 15.9 Å². The van der Waals surface area contributed by atoms with Gasteiger partial charge in [0.05, 0.1) is 10.6 Å². The van der Waals surface area contributed by atoms with Gasteiger partial charge in [-0.15, -0.1) is 0 Å². The Labute approximate surface area is 126 Å². The van der Waals surface area contributed by atoms with E-state index < -0.39 is 15.8 Å². The first kappa shape index (κ1) is 15.0. The molecule has 106 valence electrons. The Morgan fingerprint density at radius 2 is 1.70 bits per heavy atom. The maximum absolute atomic E-state index is 13.9. The molecule has 0 aliphatic rings. The number of hydrogen-bond acceptors (Lipinski definition) is 2. The van der Waals surface area contributed by atoms with Crippen LogP contribution in [0.25, 0.3) is 0 Å². The smallest absolute Gasteiger partial charge is 0.264 e. The van der Waals surface area contributed by atoms with Gasteiger partial charge in [0, 0.05) is 11.5 Å². The molecular formula is C14H13BrFNO2S. The van der Waals surface area contributed by atoms with Crippen LogP contribution < -0.4 is 4.31 Å². The van der Waals surface area contributed by atoms with Crippen LogP contribution in [0, 0.1) is 12.7 Å². The van der Waals surface area contributed by atoms with E-state index in [0.717, 1.165) is 9.87 Å². The predicted octanol–water partition coefficient (Wildman–Crippen LogP) is 3.72. The van der Waals surface area contributed by atoms with Crippen LogP contribution in [-0.4, -0.2) is 15.5 Å². The fourth-order valence-corrected chi connectivity index (χ4v) is 3.27. The van der Waals surface area contributed by atoms with Crippen LogP contribution in [-0.2, 0) is 10.0 Å². The number of nitrogens with zero attached hydrogens (tertiary/aromatic N) is 1. The summed E-state index contributed by atoms with van der Waals surface area (Å²) in [5.74, 6) is -0.599. The summed E-state index contributed by atoms with van der Waals surface area (Å²) >= 11 is 3.14. The molecule has 0 aliphatic heterocycles. The van der Waals surface area contributed by atoms with Crippen molar-refractivity contribution >= 4 is 31.6 Å². The number of anilines is 1. The summed E-state index contributed by atoms with van der Waals surface area (Å²) < 4.78 is 40.2. The fraction of sp³-hybridized carbons (Fsp3) is 0.143. The molecule has 0 aromatic heterocycles. The SMILES string of the molecule is Cc1ccc(S(=O)(=O)N(C)c2ccc(Br)cc2F)cc1. The Hall–Kier alpha value is -1.40. The number of aryl methyl sites for hydroxylation is 1. The van der Waals surface area contributed by atoms with E-state index in [4.69, 9.17) is 0 Å². The summed E-state index contributed by atoms with van der Waals surface area (Å²) in [6.07, 6.45) is 0. The molecular weight excluding hydrogens is 345 g/mol. The third-order valence-corrected chi connectivity index (χ3v) is 5.21. The maximum Gasteiger partial charge on any atom is 0.264 e. The van der Waals surface area contributed by atoms with Crippen molar-refractivity contribution in [1.82, 2.24) is 0 Å². The first-order valence-electron chi connectivity index (χ1n) is 5.83. The molecule has 20 heavy (non-hydrogen) atoms. The first-order valence-corrected chi connectivity index (χ1v) is 8.06. The van der Waals surface area contributed by atoms with Crippen LogP contribution in [0.15, 0.2) is 51.8 Å². The van der Waals surface area contributed by atoms with Gasteiger partial charge < -0.3 is 0 Å². The Bertz CT molecular complexity index is 729. The molecule has 2 aromatic rings. The van der Waals surface area contributed by atoms with E-state index in [-0.39, 0.29) is 10.6 Å². The lowest BCUT2D eigenvalue weighted by Gasteiger charge is -2.20. The highest BCUT2D eigenvalue weighted by atomic mass is 79.9. The van der Waals surface area contributed by atoms with E-state index in [1.54, 1.807) is 18.2 Å². The summed E-state index contributed by atoms with van der Waals surface area (Å²) in [6, 6.07) is 10.7. The van der Waals surface area contributed by atoms with Crippen molar-refractivity contribution < 1.29 is 12.8 Å². The topological polar surface area (TPSA) is 37.4 Å². The molecule has 0 bridgehead atoms. The quantitative estimate of drug-likeness (QED) is 0.839. The van der Waals surface area contributed by atoms with Gasteiger partial charge in [0.15, 0.2) is 0 Å². The molecule has 0 radical (unpaired) electrons. The molecule has 0 unspecified atom stereocenters. The van der Waals surface area contributed by atoms with Crippen LogP contribution in [0.1, 0.15) is 5.56 Å². The zero-order valence-corrected chi connectivity index (χ0v) is 13.4. The molecule has 0 saturated heterocycles. The molecule has 0 saturated carbocycles. The van der Waals surface area contributed by atoms with Crippen LogP contribution in [0.2, 0.25) is 0 Å². The van der Waals surface area contributed by atoms with E-state index in [2.05, 4.69) is 15.9 Å². The van der Waals surface area contributed by atoms with Crippen LogP contribution in [0.4, 0.5) is 10.1 Å². The highest BCUT2D eigenvalue weighted by Crippen LogP contribution is 2.27. The summed E-state index contributed by atoms with van der Waals surface area (Å²) in [6.45, 7) is 1.87. The van der Waals surface area contributed by atoms with Gasteiger partial charge in [0.1, 0.15) is 5.82 Å². The lowest BCUT2D eigenvalue weighted by Crippen LogP contribution is -2.27. The molecule has 0 fully saturated rings. The van der Waals surface area contributed by atoms with E-state index in [9.17, 15) is 12.8 Å². The molecule has 0 heterocycles. The molecule has 0 amide bonds. The normalized spacial score (nSPS) is 11.4. The Kier molecular flexibility index (Phi) is 4.15. The number of hydrogen-bond donors (Lipinski definition) is 0. The van der Waals surface area contributed by atoms with Crippen LogP contribution in [0.5, 0.6) is 0 Å². The molecule has 0 N–H and O–H groups in total. The standard InChI is InChI=1S/C14H13BrFNO2S/c1-10-3-6-12(7-4-10)20(18,19)17(2)14-8-5-11(15)9-13(14)16/h3-9H,1-2H3. The Balaban J connectivity index is 2.45. The highest BCUT2D eigenvalue weighted by Gasteiger charge is 2.23. The monoisotopic (exact) mass is 357 g/mol. The van der Waals surface area contributed by atoms with Crippen molar-refractivity contribution in [3.63, 3.8) is 0 Å². The lowest BCUT2D eigenvalue weighted by molar-refractivity contribution is 0.589. The van der Waals surface area contributed by atoms with Gasteiger partial charge in [-0.2, -0.15) is 0 Å². The molecule has 3 nitrogen and oxygen atoms in total. The molecule has 2 aromatic carbocycles. The third-order valence-electron chi connectivity index (χ3n) is 2.93. The van der Waals surface area contributed by atoms with Gasteiger partial charge in [-0.05, 0) is 37.3 Å². The van der Waals surface area contributed by atoms with E-state index in [0.29, 0.717) is 4.47 Å². The fourth-order valence-electron chi connectivity index (χ4n) is 1.73. The zero-order chi connectivity index (χ0) is 14.9. The Morgan fingerprint density at radius 1 is 1.10 bits per heavy atom. The van der Waals surface area contributed by atoms with Crippen molar-refractivity contribution in [3.8, 4) is 0 Å². The Morgan fingerprint density at radius 3 is 2.25 bits per heavy atom. The van der Waals surface area contributed by atoms with Crippen molar-refractivity contribution in [1.29, 1.82) is 0 Å². The largest absolute Gasteiger partial charge is 0.266 e. The second-order valence-electron chi connectivity index (χ2n) is 4.38. The summed E-state index contributed by atoms with van der Waals surface area (Å²) in [4.78, 5) is 0.132. The predicted molar refractivity (Wildman–Crippen MR) is 80.9 cm³/mol. The second kappa shape index (κ2) is 5.54. The molecule has 0 atom stereocenters. The first-order chi connectivity index (χ1) is 9.32. The minimum absolute atomic E-state index is 0.00813. The number of halogens is 2. The van der Waals surface area contributed by atoms with E-state index in [1.165, 1.54) is 31.3 Å². The van der Waals surface area contributed by atoms with E-state index >= 15 is 0 Å². The average Bonchev–Trinajstić information content (AvgIpc) is 2.38. The van der Waals surface area contributed by atoms with Crippen LogP contribution in [0.3, 0.4) is 0 Å². The van der Waals surface area contributed by atoms with Gasteiger partial charge >= 0.3 is 0 Å². The van der Waals surface area contributed by atoms with Gasteiger partial charge in [0.25, 0.3) is 10.0 Å². The van der Waals surface area contributed by atoms with Gasteiger partial charge in [-0.25, -0.2) is 12.8 Å². The summed E-state index contributed by atoms with van der Waals surface area (Å²) in [5.41, 5.74) is 0.968. The van der Waals surface area contributed by atoms with E-state index in [1.807, 2.05) is 6.92 Å². The van der Waals surface area contributed by atoms with Crippen molar-refractivity contribution in [2.75, 3.05) is 11.4 Å². The van der Waals surface area contributed by atoms with Crippen molar-refractivity contribution in [3.05, 3.63) is 58.3 Å². The maximum atomic E-state index is 13.9. The summed E-state index contributed by atoms with van der Waals surface area (Å²) in [7, 11) is -2.43. The average molecular weight is 358 g/mol. The third kappa shape index (κ3) is 2.86. The molecule has 0 spiro atoms.